The van der Waals surface area contributed by atoms with Crippen molar-refractivity contribution in [3.63, 3.8) is 0 Å². The van der Waals surface area contributed by atoms with Gasteiger partial charge in [0.25, 0.3) is 0 Å². The van der Waals surface area contributed by atoms with Crippen LogP contribution in [0.5, 0.6) is 0 Å². The third-order valence-corrected chi connectivity index (χ3v) is 2.77. The van der Waals surface area contributed by atoms with Crippen LogP contribution in [0.4, 0.5) is 0 Å². The van der Waals surface area contributed by atoms with Gasteiger partial charge in [-0.25, -0.2) is 0 Å². The van der Waals surface area contributed by atoms with Gasteiger partial charge in [-0.3, -0.25) is 4.79 Å². The van der Waals surface area contributed by atoms with E-state index in [2.05, 4.69) is 19.9 Å². The second-order valence-electron chi connectivity index (χ2n) is 3.87. The summed E-state index contributed by atoms with van der Waals surface area (Å²) in [6.07, 6.45) is 4.08. The fourth-order valence-electron chi connectivity index (χ4n) is 1.82. The molecule has 2 heteroatoms. The van der Waals surface area contributed by atoms with Gasteiger partial charge in [-0.1, -0.05) is 26.0 Å². The molecule has 1 aliphatic carbocycles. The average molecular weight is 168 g/mol. The summed E-state index contributed by atoms with van der Waals surface area (Å²) in [5.41, 5.74) is 0.0968. The zero-order valence-corrected chi connectivity index (χ0v) is 8.13. The van der Waals surface area contributed by atoms with Crippen LogP contribution in [0.15, 0.2) is 12.2 Å². The van der Waals surface area contributed by atoms with Crippen LogP contribution in [0, 0.1) is 17.3 Å². The molecule has 12 heavy (non-hydrogen) atoms. The Kier molecular flexibility index (Phi) is 2.27. The summed E-state index contributed by atoms with van der Waals surface area (Å²) >= 11 is 0. The molecule has 0 aromatic carbocycles. The number of rotatable bonds is 2. The molecule has 68 valence electrons. The number of esters is 1. The maximum atomic E-state index is 11.2. The zero-order valence-electron chi connectivity index (χ0n) is 8.13. The first-order valence-corrected chi connectivity index (χ1v) is 4.26. The van der Waals surface area contributed by atoms with Crippen molar-refractivity contribution in [1.82, 2.24) is 0 Å². The van der Waals surface area contributed by atoms with Crippen molar-refractivity contribution in [3.8, 4) is 0 Å². The number of allylic oxidation sites excluding steroid dienone is 2. The van der Waals surface area contributed by atoms with Gasteiger partial charge in [0.2, 0.25) is 0 Å². The van der Waals surface area contributed by atoms with E-state index in [4.69, 9.17) is 4.74 Å². The molecule has 0 bridgehead atoms. The molecule has 2 nitrogen and oxygen atoms in total. The molecule has 0 saturated heterocycles. The third-order valence-electron chi connectivity index (χ3n) is 2.77. The molecule has 0 aromatic heterocycles. The maximum absolute atomic E-state index is 11.2. The summed E-state index contributed by atoms with van der Waals surface area (Å²) in [6.45, 7) is 6.17. The van der Waals surface area contributed by atoms with Crippen LogP contribution in [0.1, 0.15) is 20.8 Å². The minimum atomic E-state index is -0.0805. The highest BCUT2D eigenvalue weighted by molar-refractivity contribution is 5.78. The number of hydrogen-bond donors (Lipinski definition) is 0. The quantitative estimate of drug-likeness (QED) is 0.465. The third kappa shape index (κ3) is 1.26. The van der Waals surface area contributed by atoms with Gasteiger partial charge < -0.3 is 4.74 Å². The van der Waals surface area contributed by atoms with E-state index in [0.717, 1.165) is 0 Å². The van der Waals surface area contributed by atoms with E-state index in [1.165, 1.54) is 7.11 Å². The lowest BCUT2D eigenvalue weighted by molar-refractivity contribution is -0.143. The Morgan fingerprint density at radius 3 is 2.50 bits per heavy atom. The molecule has 0 heterocycles. The van der Waals surface area contributed by atoms with Gasteiger partial charge in [-0.05, 0) is 18.3 Å². The van der Waals surface area contributed by atoms with E-state index < -0.39 is 0 Å². The van der Waals surface area contributed by atoms with Gasteiger partial charge in [-0.15, -0.1) is 0 Å². The van der Waals surface area contributed by atoms with Gasteiger partial charge in [0.15, 0.2) is 0 Å². The van der Waals surface area contributed by atoms with E-state index in [-0.39, 0.29) is 17.3 Å². The molecule has 1 rings (SSSR count). The molecule has 0 radical (unpaired) electrons. The highest BCUT2D eigenvalue weighted by Gasteiger charge is 2.60. The minimum Gasteiger partial charge on any atom is -0.469 e. The fraction of sp³-hybridized carbons (Fsp3) is 0.700. The molecule has 0 aromatic rings. The number of carbonyl (C=O) groups excluding carboxylic acids is 1. The molecule has 1 aliphatic rings. The van der Waals surface area contributed by atoms with Crippen molar-refractivity contribution in [2.45, 2.75) is 20.8 Å². The summed E-state index contributed by atoms with van der Waals surface area (Å²) in [7, 11) is 1.45. The van der Waals surface area contributed by atoms with Crippen molar-refractivity contribution in [2.24, 2.45) is 17.3 Å². The first-order valence-electron chi connectivity index (χ1n) is 4.26. The van der Waals surface area contributed by atoms with Crippen LogP contribution < -0.4 is 0 Å². The highest BCUT2D eigenvalue weighted by Crippen LogP contribution is 2.59. The van der Waals surface area contributed by atoms with E-state index in [0.29, 0.717) is 5.92 Å². The first-order chi connectivity index (χ1) is 5.55. The summed E-state index contributed by atoms with van der Waals surface area (Å²) in [6, 6.07) is 0. The topological polar surface area (TPSA) is 26.3 Å². The van der Waals surface area contributed by atoms with Crippen LogP contribution in [0.3, 0.4) is 0 Å². The smallest absolute Gasteiger partial charge is 0.309 e. The molecule has 0 spiro atoms. The van der Waals surface area contributed by atoms with E-state index in [1.807, 2.05) is 13.0 Å². The average Bonchev–Trinajstić information content (AvgIpc) is 2.53. The van der Waals surface area contributed by atoms with Crippen LogP contribution in [0.25, 0.3) is 0 Å². The predicted octanol–water partition coefficient (Wildman–Crippen LogP) is 2.01. The van der Waals surface area contributed by atoms with Crippen molar-refractivity contribution in [1.29, 1.82) is 0 Å². The molecule has 1 fully saturated rings. The second kappa shape index (κ2) is 2.92. The Balaban J connectivity index is 2.66. The number of ether oxygens (including phenoxy) is 1. The van der Waals surface area contributed by atoms with Gasteiger partial charge in [-0.2, -0.15) is 0 Å². The monoisotopic (exact) mass is 168 g/mol. The molecule has 2 unspecified atom stereocenters. The molecule has 0 N–H and O–H groups in total. The SMILES string of the molecule is CC=CC1C(C(=O)OC)C1(C)C. The van der Waals surface area contributed by atoms with Crippen LogP contribution >= 0.6 is 0 Å². The zero-order chi connectivity index (χ0) is 9.35. The number of methoxy groups -OCH3 is 1. The normalized spacial score (nSPS) is 32.0. The van der Waals surface area contributed by atoms with Gasteiger partial charge in [0.1, 0.15) is 0 Å². The molecule has 0 amide bonds. The van der Waals surface area contributed by atoms with Gasteiger partial charge in [0, 0.05) is 0 Å². The lowest BCUT2D eigenvalue weighted by Gasteiger charge is -1.98. The van der Waals surface area contributed by atoms with Crippen molar-refractivity contribution in [3.05, 3.63) is 12.2 Å². The Morgan fingerprint density at radius 1 is 1.50 bits per heavy atom. The van der Waals surface area contributed by atoms with E-state index >= 15 is 0 Å². The van der Waals surface area contributed by atoms with Crippen LogP contribution in [-0.2, 0) is 9.53 Å². The Hall–Kier alpha value is -0.790. The molecule has 0 aliphatic heterocycles. The van der Waals surface area contributed by atoms with Crippen molar-refractivity contribution in [2.75, 3.05) is 7.11 Å². The molecular weight excluding hydrogens is 152 g/mol. The summed E-state index contributed by atoms with van der Waals surface area (Å²) in [5.74, 6) is 0.358. The Morgan fingerprint density at radius 2 is 2.08 bits per heavy atom. The van der Waals surface area contributed by atoms with Crippen LogP contribution in [0.2, 0.25) is 0 Å². The fourth-order valence-corrected chi connectivity index (χ4v) is 1.82. The van der Waals surface area contributed by atoms with Gasteiger partial charge in [0.05, 0.1) is 13.0 Å². The standard InChI is InChI=1S/C10H16O2/c1-5-6-7-8(9(11)12-4)10(7,2)3/h5-8H,1-4H3. The molecule has 1 saturated carbocycles. The van der Waals surface area contributed by atoms with E-state index in [1.54, 1.807) is 0 Å². The summed E-state index contributed by atoms with van der Waals surface area (Å²) in [5, 5.41) is 0. The molecule has 2 atom stereocenters. The Labute approximate surface area is 73.6 Å². The number of hydrogen-bond acceptors (Lipinski definition) is 2. The first kappa shape index (κ1) is 9.30. The lowest BCUT2D eigenvalue weighted by Crippen LogP contribution is -2.07. The predicted molar refractivity (Wildman–Crippen MR) is 47.6 cm³/mol. The Bertz CT molecular complexity index is 216. The minimum absolute atomic E-state index is 0.0682. The maximum Gasteiger partial charge on any atom is 0.309 e. The van der Waals surface area contributed by atoms with Crippen molar-refractivity contribution < 1.29 is 9.53 Å². The van der Waals surface area contributed by atoms with Crippen LogP contribution in [-0.4, -0.2) is 13.1 Å². The molecular formula is C10H16O2. The lowest BCUT2D eigenvalue weighted by atomic mass is 10.1. The highest BCUT2D eigenvalue weighted by atomic mass is 16.5. The summed E-state index contributed by atoms with van der Waals surface area (Å²) in [4.78, 5) is 11.2. The van der Waals surface area contributed by atoms with E-state index in [9.17, 15) is 4.79 Å². The van der Waals surface area contributed by atoms with Crippen molar-refractivity contribution >= 4 is 5.97 Å². The summed E-state index contributed by atoms with van der Waals surface area (Å²) < 4.78 is 4.71. The number of carbonyl (C=O) groups is 1. The largest absolute Gasteiger partial charge is 0.469 e. The van der Waals surface area contributed by atoms with Gasteiger partial charge >= 0.3 is 5.97 Å². The second-order valence-corrected chi connectivity index (χ2v) is 3.87.